The minimum atomic E-state index is -0.241. The van der Waals surface area contributed by atoms with Crippen LogP contribution in [0.25, 0.3) is 27.8 Å². The zero-order valence-corrected chi connectivity index (χ0v) is 17.3. The molecule has 1 fully saturated rings. The van der Waals surface area contributed by atoms with Crippen LogP contribution in [0.1, 0.15) is 25.7 Å². The van der Waals surface area contributed by atoms with Crippen LogP contribution in [0.2, 0.25) is 0 Å². The number of benzene rings is 2. The Labute approximate surface area is 180 Å². The summed E-state index contributed by atoms with van der Waals surface area (Å²) in [5.74, 6) is 1.89. The molecular weight excluding hydrogens is 390 g/mol. The van der Waals surface area contributed by atoms with Gasteiger partial charge in [0.05, 0.1) is 24.9 Å². The Hall–Kier alpha value is -3.67. The van der Waals surface area contributed by atoms with E-state index in [1.54, 1.807) is 25.4 Å². The van der Waals surface area contributed by atoms with Crippen molar-refractivity contribution in [1.82, 2.24) is 14.8 Å². The lowest BCUT2D eigenvalue weighted by Gasteiger charge is -2.17. The summed E-state index contributed by atoms with van der Waals surface area (Å²) in [4.78, 5) is 17.4. The second kappa shape index (κ2) is 8.22. The van der Waals surface area contributed by atoms with Crippen LogP contribution in [0.5, 0.6) is 11.5 Å². The quantitative estimate of drug-likeness (QED) is 0.471. The molecule has 2 aromatic carbocycles. The molecule has 2 aromatic heterocycles. The predicted octanol–water partition coefficient (Wildman–Crippen LogP) is 4.78. The van der Waals surface area contributed by atoms with Gasteiger partial charge in [0.15, 0.2) is 17.3 Å². The molecule has 31 heavy (non-hydrogen) atoms. The number of nitrogens with zero attached hydrogens (tertiary/aromatic N) is 3. The van der Waals surface area contributed by atoms with Crippen molar-refractivity contribution in [2.45, 2.75) is 31.8 Å². The molecule has 1 saturated carbocycles. The largest absolute Gasteiger partial charge is 0.493 e. The van der Waals surface area contributed by atoms with Gasteiger partial charge in [-0.05, 0) is 61.6 Å². The molecule has 0 spiro atoms. The molecule has 0 N–H and O–H groups in total. The van der Waals surface area contributed by atoms with Crippen molar-refractivity contribution < 1.29 is 9.47 Å². The normalized spacial score (nSPS) is 14.1. The van der Waals surface area contributed by atoms with Crippen molar-refractivity contribution in [3.05, 3.63) is 77.2 Å². The third kappa shape index (κ3) is 3.89. The van der Waals surface area contributed by atoms with Crippen LogP contribution in [0.4, 0.5) is 0 Å². The lowest BCUT2D eigenvalue weighted by atomic mass is 10.1. The summed E-state index contributed by atoms with van der Waals surface area (Å²) in [6.45, 7) is 0. The maximum Gasteiger partial charge on any atom is 0.273 e. The Morgan fingerprint density at radius 1 is 0.935 bits per heavy atom. The third-order valence-electron chi connectivity index (χ3n) is 5.69. The summed E-state index contributed by atoms with van der Waals surface area (Å²) >= 11 is 0. The molecule has 156 valence electrons. The summed E-state index contributed by atoms with van der Waals surface area (Å²) in [5.41, 5.74) is 2.16. The number of pyridine rings is 1. The molecule has 0 amide bonds. The zero-order chi connectivity index (χ0) is 21.2. The average molecular weight is 413 g/mol. The molecule has 2 heterocycles. The summed E-state index contributed by atoms with van der Waals surface area (Å²) in [6, 6.07) is 18.8. The molecule has 0 radical (unpaired) electrons. The molecule has 5 rings (SSSR count). The van der Waals surface area contributed by atoms with E-state index in [-0.39, 0.29) is 11.7 Å². The first kappa shape index (κ1) is 19.3. The summed E-state index contributed by atoms with van der Waals surface area (Å²) in [5, 5.41) is 5.39. The van der Waals surface area contributed by atoms with Gasteiger partial charge in [-0.2, -0.15) is 9.78 Å². The highest BCUT2D eigenvalue weighted by Gasteiger charge is 2.19. The standard InChI is InChI=1S/C25H23N3O3/c1-30-22-12-10-18(14-23(22)31-20-7-3-4-8-20)19-15-25(29)28(26-16-19)24-13-11-17-6-2-5-9-21(17)27-24/h2,5-6,9-16,20H,3-4,7-8H2,1H3. The van der Waals surface area contributed by atoms with Crippen LogP contribution in [0, 0.1) is 0 Å². The average Bonchev–Trinajstić information content (AvgIpc) is 3.32. The van der Waals surface area contributed by atoms with Crippen molar-refractivity contribution in [3.63, 3.8) is 0 Å². The first-order valence-corrected chi connectivity index (χ1v) is 10.5. The van der Waals surface area contributed by atoms with Gasteiger partial charge in [-0.25, -0.2) is 4.98 Å². The van der Waals surface area contributed by atoms with Crippen molar-refractivity contribution in [3.8, 4) is 28.4 Å². The maximum atomic E-state index is 12.8. The molecule has 1 aliphatic carbocycles. The maximum absolute atomic E-state index is 12.8. The van der Waals surface area contributed by atoms with Crippen LogP contribution >= 0.6 is 0 Å². The lowest BCUT2D eigenvalue weighted by Crippen LogP contribution is -2.21. The Kier molecular flexibility index (Phi) is 5.12. The summed E-state index contributed by atoms with van der Waals surface area (Å²) in [6.07, 6.45) is 6.40. The molecule has 6 heteroatoms. The van der Waals surface area contributed by atoms with Gasteiger partial charge in [0.25, 0.3) is 5.56 Å². The fourth-order valence-corrected chi connectivity index (χ4v) is 4.05. The second-order valence-electron chi connectivity index (χ2n) is 7.75. The van der Waals surface area contributed by atoms with E-state index in [1.807, 2.05) is 48.5 Å². The fourth-order valence-electron chi connectivity index (χ4n) is 4.05. The lowest BCUT2D eigenvalue weighted by molar-refractivity contribution is 0.201. The van der Waals surface area contributed by atoms with Crippen LogP contribution in [-0.2, 0) is 0 Å². The molecule has 4 aromatic rings. The van der Waals surface area contributed by atoms with E-state index in [0.717, 1.165) is 34.9 Å². The molecule has 0 atom stereocenters. The highest BCUT2D eigenvalue weighted by Crippen LogP contribution is 2.35. The summed E-state index contributed by atoms with van der Waals surface area (Å²) in [7, 11) is 1.63. The number of ether oxygens (including phenoxy) is 2. The number of hydrogen-bond acceptors (Lipinski definition) is 5. The highest BCUT2D eigenvalue weighted by molar-refractivity contribution is 5.79. The number of hydrogen-bond donors (Lipinski definition) is 0. The molecule has 0 unspecified atom stereocenters. The van der Waals surface area contributed by atoms with Crippen LogP contribution < -0.4 is 15.0 Å². The van der Waals surface area contributed by atoms with Gasteiger partial charge in [-0.3, -0.25) is 4.79 Å². The fraction of sp³-hybridized carbons (Fsp3) is 0.240. The Morgan fingerprint density at radius 2 is 1.77 bits per heavy atom. The van der Waals surface area contributed by atoms with E-state index >= 15 is 0 Å². The minimum absolute atomic E-state index is 0.217. The van der Waals surface area contributed by atoms with Crippen LogP contribution in [0.3, 0.4) is 0 Å². The SMILES string of the molecule is COc1ccc(-c2cnn(-c3ccc4ccccc4n3)c(=O)c2)cc1OC1CCCC1. The zero-order valence-electron chi connectivity index (χ0n) is 17.3. The van der Waals surface area contributed by atoms with E-state index < -0.39 is 0 Å². The second-order valence-corrected chi connectivity index (χ2v) is 7.75. The molecule has 0 saturated heterocycles. The van der Waals surface area contributed by atoms with E-state index in [4.69, 9.17) is 9.47 Å². The number of rotatable bonds is 5. The predicted molar refractivity (Wildman–Crippen MR) is 120 cm³/mol. The highest BCUT2D eigenvalue weighted by atomic mass is 16.5. The Morgan fingerprint density at radius 3 is 2.58 bits per heavy atom. The first-order valence-electron chi connectivity index (χ1n) is 10.5. The van der Waals surface area contributed by atoms with Gasteiger partial charge in [0, 0.05) is 17.0 Å². The molecule has 0 aliphatic heterocycles. The minimum Gasteiger partial charge on any atom is -0.493 e. The molecular formula is C25H23N3O3. The first-order chi connectivity index (χ1) is 15.2. The molecule has 6 nitrogen and oxygen atoms in total. The van der Waals surface area contributed by atoms with Gasteiger partial charge >= 0.3 is 0 Å². The van der Waals surface area contributed by atoms with E-state index in [9.17, 15) is 4.79 Å². The Balaban J connectivity index is 1.48. The topological polar surface area (TPSA) is 66.2 Å². The number of fused-ring (bicyclic) bond motifs is 1. The molecule has 0 bridgehead atoms. The van der Waals surface area contributed by atoms with Crippen molar-refractivity contribution in [2.24, 2.45) is 0 Å². The van der Waals surface area contributed by atoms with Gasteiger partial charge in [0.1, 0.15) is 0 Å². The van der Waals surface area contributed by atoms with Crippen LogP contribution in [-0.4, -0.2) is 28.0 Å². The Bertz CT molecular complexity index is 1290. The van der Waals surface area contributed by atoms with E-state index in [0.29, 0.717) is 17.3 Å². The van der Waals surface area contributed by atoms with Crippen molar-refractivity contribution >= 4 is 10.9 Å². The number of aromatic nitrogens is 3. The van der Waals surface area contributed by atoms with Gasteiger partial charge in [-0.1, -0.05) is 24.3 Å². The number of methoxy groups -OCH3 is 1. The van der Waals surface area contributed by atoms with Gasteiger partial charge in [0.2, 0.25) is 0 Å². The van der Waals surface area contributed by atoms with Gasteiger partial charge in [-0.15, -0.1) is 0 Å². The smallest absolute Gasteiger partial charge is 0.273 e. The van der Waals surface area contributed by atoms with Gasteiger partial charge < -0.3 is 9.47 Å². The third-order valence-corrected chi connectivity index (χ3v) is 5.69. The monoisotopic (exact) mass is 413 g/mol. The molecule has 1 aliphatic rings. The summed E-state index contributed by atoms with van der Waals surface area (Å²) < 4.78 is 13.0. The van der Waals surface area contributed by atoms with E-state index in [1.165, 1.54) is 17.5 Å². The van der Waals surface area contributed by atoms with Crippen molar-refractivity contribution in [2.75, 3.05) is 7.11 Å². The van der Waals surface area contributed by atoms with Crippen molar-refractivity contribution in [1.29, 1.82) is 0 Å². The van der Waals surface area contributed by atoms with Crippen LogP contribution in [0.15, 0.2) is 71.7 Å². The number of para-hydroxylation sites is 1. The van der Waals surface area contributed by atoms with E-state index in [2.05, 4.69) is 10.1 Å².